The molecule has 4 heteroatoms. The second kappa shape index (κ2) is 6.53. The first kappa shape index (κ1) is 15.1. The van der Waals surface area contributed by atoms with Gasteiger partial charge in [-0.25, -0.2) is 0 Å². The molecule has 0 spiro atoms. The summed E-state index contributed by atoms with van der Waals surface area (Å²) < 4.78 is 0. The third-order valence-corrected chi connectivity index (χ3v) is 5.45. The average molecular weight is 314 g/mol. The van der Waals surface area contributed by atoms with E-state index in [1.807, 2.05) is 17.0 Å². The van der Waals surface area contributed by atoms with E-state index in [1.54, 1.807) is 11.3 Å². The molecule has 1 aliphatic rings. The van der Waals surface area contributed by atoms with Crippen molar-refractivity contribution < 1.29 is 4.79 Å². The van der Waals surface area contributed by atoms with Crippen molar-refractivity contribution in [1.82, 2.24) is 4.90 Å². The molecule has 3 nitrogen and oxygen atoms in total. The summed E-state index contributed by atoms with van der Waals surface area (Å²) in [5, 5.41) is 5.40. The zero-order valence-corrected chi connectivity index (χ0v) is 14.0. The van der Waals surface area contributed by atoms with Gasteiger partial charge in [-0.05, 0) is 55.3 Å². The molecular weight excluding hydrogens is 292 g/mol. The standard InChI is InChI=1S/C18H22N2OS/c1-13-6-3-7-15(14(13)2)19-12-18(21)20-10-4-8-16(20)17-9-5-11-22-17/h3,5-7,9,11,16,19H,4,8,10,12H2,1-2H3. The fraction of sp³-hybridized carbons (Fsp3) is 0.389. The lowest BCUT2D eigenvalue weighted by atomic mass is 10.1. The monoisotopic (exact) mass is 314 g/mol. The van der Waals surface area contributed by atoms with E-state index in [0.717, 1.165) is 25.1 Å². The Kier molecular flexibility index (Phi) is 4.48. The van der Waals surface area contributed by atoms with Crippen molar-refractivity contribution in [2.24, 2.45) is 0 Å². The number of rotatable bonds is 4. The van der Waals surface area contributed by atoms with Crippen molar-refractivity contribution in [2.75, 3.05) is 18.4 Å². The van der Waals surface area contributed by atoms with Gasteiger partial charge < -0.3 is 10.2 Å². The second-order valence-electron chi connectivity index (χ2n) is 5.86. The van der Waals surface area contributed by atoms with Gasteiger partial charge in [0.15, 0.2) is 0 Å². The third-order valence-electron chi connectivity index (χ3n) is 4.48. The van der Waals surface area contributed by atoms with Crippen LogP contribution in [0.2, 0.25) is 0 Å². The number of hydrogen-bond donors (Lipinski definition) is 1. The Morgan fingerprint density at radius 3 is 2.95 bits per heavy atom. The fourth-order valence-electron chi connectivity index (χ4n) is 3.06. The van der Waals surface area contributed by atoms with Crippen LogP contribution >= 0.6 is 11.3 Å². The number of aryl methyl sites for hydroxylation is 1. The van der Waals surface area contributed by atoms with Gasteiger partial charge in [-0.3, -0.25) is 4.79 Å². The number of carbonyl (C=O) groups excluding carboxylic acids is 1. The first-order valence-electron chi connectivity index (χ1n) is 7.80. The minimum absolute atomic E-state index is 0.191. The summed E-state index contributed by atoms with van der Waals surface area (Å²) in [4.78, 5) is 15.9. The molecule has 1 unspecified atom stereocenters. The minimum atomic E-state index is 0.191. The van der Waals surface area contributed by atoms with E-state index in [0.29, 0.717) is 6.54 Å². The lowest BCUT2D eigenvalue weighted by Crippen LogP contribution is -2.34. The molecule has 1 saturated heterocycles. The number of likely N-dealkylation sites (tertiary alicyclic amines) is 1. The number of nitrogens with one attached hydrogen (secondary N) is 1. The maximum absolute atomic E-state index is 12.6. The predicted octanol–water partition coefficient (Wildman–Crippen LogP) is 4.14. The number of carbonyl (C=O) groups is 1. The number of anilines is 1. The molecule has 0 radical (unpaired) electrons. The van der Waals surface area contributed by atoms with E-state index in [9.17, 15) is 4.79 Å². The minimum Gasteiger partial charge on any atom is -0.376 e. The summed E-state index contributed by atoms with van der Waals surface area (Å²) in [6.45, 7) is 5.42. The molecule has 0 aliphatic carbocycles. The van der Waals surface area contributed by atoms with Crippen LogP contribution < -0.4 is 5.32 Å². The number of benzene rings is 1. The Balaban J connectivity index is 1.65. The van der Waals surface area contributed by atoms with Gasteiger partial charge in [-0.1, -0.05) is 18.2 Å². The van der Waals surface area contributed by atoms with E-state index < -0.39 is 0 Å². The average Bonchev–Trinajstić information content (AvgIpc) is 3.18. The van der Waals surface area contributed by atoms with Crippen LogP contribution in [0.15, 0.2) is 35.7 Å². The molecule has 1 fully saturated rings. The molecule has 116 valence electrons. The Hall–Kier alpha value is -1.81. The van der Waals surface area contributed by atoms with E-state index in [-0.39, 0.29) is 11.9 Å². The van der Waals surface area contributed by atoms with Gasteiger partial charge in [0.2, 0.25) is 5.91 Å². The lowest BCUT2D eigenvalue weighted by Gasteiger charge is -2.24. The molecule has 1 aromatic carbocycles. The summed E-state index contributed by atoms with van der Waals surface area (Å²) in [6, 6.07) is 10.6. The van der Waals surface area contributed by atoms with Crippen molar-refractivity contribution in [3.63, 3.8) is 0 Å². The van der Waals surface area contributed by atoms with Gasteiger partial charge in [-0.15, -0.1) is 11.3 Å². The van der Waals surface area contributed by atoms with Crippen molar-refractivity contribution in [1.29, 1.82) is 0 Å². The number of amides is 1. The summed E-state index contributed by atoms with van der Waals surface area (Å²) in [6.07, 6.45) is 2.17. The molecule has 22 heavy (non-hydrogen) atoms. The predicted molar refractivity (Wildman–Crippen MR) is 92.4 cm³/mol. The molecule has 0 saturated carbocycles. The van der Waals surface area contributed by atoms with E-state index in [4.69, 9.17) is 0 Å². The van der Waals surface area contributed by atoms with Gasteiger partial charge in [0.05, 0.1) is 12.6 Å². The molecule has 1 atom stereocenters. The van der Waals surface area contributed by atoms with Gasteiger partial charge in [0, 0.05) is 17.1 Å². The maximum Gasteiger partial charge on any atom is 0.242 e. The highest BCUT2D eigenvalue weighted by molar-refractivity contribution is 7.10. The molecule has 1 aromatic heterocycles. The van der Waals surface area contributed by atoms with Crippen molar-refractivity contribution in [3.05, 3.63) is 51.7 Å². The topological polar surface area (TPSA) is 32.3 Å². The van der Waals surface area contributed by atoms with Crippen LogP contribution in [0.25, 0.3) is 0 Å². The summed E-state index contributed by atoms with van der Waals surface area (Å²) in [7, 11) is 0. The van der Waals surface area contributed by atoms with Crippen LogP contribution in [-0.4, -0.2) is 23.9 Å². The third kappa shape index (κ3) is 3.02. The highest BCUT2D eigenvalue weighted by Crippen LogP contribution is 2.34. The number of nitrogens with zero attached hydrogens (tertiary/aromatic N) is 1. The summed E-state index contributed by atoms with van der Waals surface area (Å²) >= 11 is 1.75. The zero-order valence-electron chi connectivity index (χ0n) is 13.1. The zero-order chi connectivity index (χ0) is 15.5. The van der Waals surface area contributed by atoms with E-state index >= 15 is 0 Å². The normalized spacial score (nSPS) is 17.7. The molecule has 1 amide bonds. The van der Waals surface area contributed by atoms with Crippen molar-refractivity contribution in [2.45, 2.75) is 32.7 Å². The maximum atomic E-state index is 12.6. The smallest absolute Gasteiger partial charge is 0.242 e. The van der Waals surface area contributed by atoms with Crippen LogP contribution in [-0.2, 0) is 4.79 Å². The van der Waals surface area contributed by atoms with Crippen molar-refractivity contribution >= 4 is 22.9 Å². The van der Waals surface area contributed by atoms with Crippen LogP contribution in [0, 0.1) is 13.8 Å². The Morgan fingerprint density at radius 2 is 2.18 bits per heavy atom. The van der Waals surface area contributed by atoms with Gasteiger partial charge in [-0.2, -0.15) is 0 Å². The van der Waals surface area contributed by atoms with E-state index in [1.165, 1.54) is 16.0 Å². The highest BCUT2D eigenvalue weighted by atomic mass is 32.1. The van der Waals surface area contributed by atoms with E-state index in [2.05, 4.69) is 42.7 Å². The van der Waals surface area contributed by atoms with Gasteiger partial charge in [0.25, 0.3) is 0 Å². The number of hydrogen-bond acceptors (Lipinski definition) is 3. The molecule has 0 bridgehead atoms. The Labute approximate surface area is 136 Å². The van der Waals surface area contributed by atoms with Gasteiger partial charge >= 0.3 is 0 Å². The molecule has 2 heterocycles. The van der Waals surface area contributed by atoms with Crippen LogP contribution in [0.5, 0.6) is 0 Å². The van der Waals surface area contributed by atoms with Crippen LogP contribution in [0.4, 0.5) is 5.69 Å². The van der Waals surface area contributed by atoms with Crippen molar-refractivity contribution in [3.8, 4) is 0 Å². The van der Waals surface area contributed by atoms with Gasteiger partial charge in [0.1, 0.15) is 0 Å². The summed E-state index contributed by atoms with van der Waals surface area (Å²) in [5.74, 6) is 0.191. The Bertz CT molecular complexity index is 651. The first-order chi connectivity index (χ1) is 10.7. The number of thiophene rings is 1. The molecule has 1 aliphatic heterocycles. The quantitative estimate of drug-likeness (QED) is 0.920. The molecule has 1 N–H and O–H groups in total. The lowest BCUT2D eigenvalue weighted by molar-refractivity contribution is -0.130. The molecule has 3 rings (SSSR count). The molecular formula is C18H22N2OS. The highest BCUT2D eigenvalue weighted by Gasteiger charge is 2.30. The van der Waals surface area contributed by atoms with Crippen LogP contribution in [0.3, 0.4) is 0 Å². The second-order valence-corrected chi connectivity index (χ2v) is 6.84. The van der Waals surface area contributed by atoms with Crippen LogP contribution in [0.1, 0.15) is 34.9 Å². The fourth-order valence-corrected chi connectivity index (χ4v) is 3.93. The first-order valence-corrected chi connectivity index (χ1v) is 8.68. The molecule has 2 aromatic rings. The summed E-state index contributed by atoms with van der Waals surface area (Å²) in [5.41, 5.74) is 3.52. The Morgan fingerprint density at radius 1 is 1.32 bits per heavy atom. The largest absolute Gasteiger partial charge is 0.376 e. The SMILES string of the molecule is Cc1cccc(NCC(=O)N2CCCC2c2cccs2)c1C.